The second-order valence-corrected chi connectivity index (χ2v) is 11.5. The summed E-state index contributed by atoms with van der Waals surface area (Å²) >= 11 is 0.872. The lowest BCUT2D eigenvalue weighted by Crippen LogP contribution is -2.38. The average Bonchev–Trinajstić information content (AvgIpc) is 3.37. The number of amides is 2. The number of ether oxygens (including phenoxy) is 1. The number of nitrogens with one attached hydrogen (secondary N) is 2. The van der Waals surface area contributed by atoms with Crippen LogP contribution in [0.15, 0.2) is 66.0 Å². The van der Waals surface area contributed by atoms with Gasteiger partial charge in [-0.1, -0.05) is 18.2 Å². The molecule has 0 atom stereocenters. The fraction of sp³-hybridized carbons (Fsp3) is 0.281. The van der Waals surface area contributed by atoms with Crippen LogP contribution in [0.25, 0.3) is 28.2 Å². The highest BCUT2D eigenvalue weighted by Gasteiger charge is 2.26. The monoisotopic (exact) mass is 609 g/mol. The van der Waals surface area contributed by atoms with Crippen molar-refractivity contribution >= 4 is 51.8 Å². The van der Waals surface area contributed by atoms with Gasteiger partial charge in [-0.15, -0.1) is 0 Å². The number of thioether (sulfide) groups is 1. The second-order valence-electron chi connectivity index (χ2n) is 10.5. The van der Waals surface area contributed by atoms with Crippen molar-refractivity contribution in [3.05, 3.63) is 82.8 Å². The van der Waals surface area contributed by atoms with Crippen molar-refractivity contribution in [3.8, 4) is 11.3 Å². The first-order valence-corrected chi connectivity index (χ1v) is 15.3. The van der Waals surface area contributed by atoms with Crippen LogP contribution in [0.2, 0.25) is 0 Å². The maximum absolute atomic E-state index is 13.0. The van der Waals surface area contributed by atoms with E-state index in [9.17, 15) is 14.4 Å². The third-order valence-corrected chi connectivity index (χ3v) is 8.40. The largest absolute Gasteiger partial charge is 0.462 e. The summed E-state index contributed by atoms with van der Waals surface area (Å²) in [6.45, 7) is 5.09. The third-order valence-electron chi connectivity index (χ3n) is 7.59. The van der Waals surface area contributed by atoms with E-state index in [4.69, 9.17) is 9.72 Å². The van der Waals surface area contributed by atoms with E-state index >= 15 is 0 Å². The number of fused-ring (bicyclic) bond motifs is 1. The van der Waals surface area contributed by atoms with E-state index in [0.717, 1.165) is 66.3 Å². The molecule has 11 nitrogen and oxygen atoms in total. The molecule has 2 aliphatic heterocycles. The molecule has 0 saturated carbocycles. The molecular formula is C32H31N7O4S. The number of anilines is 1. The zero-order chi connectivity index (χ0) is 30.5. The smallest absolute Gasteiger partial charge is 0.340 e. The van der Waals surface area contributed by atoms with Crippen LogP contribution in [0.4, 0.5) is 10.7 Å². The normalized spacial score (nSPS) is 16.5. The molecule has 5 heterocycles. The number of rotatable bonds is 9. The van der Waals surface area contributed by atoms with Crippen LogP contribution < -0.4 is 15.5 Å². The van der Waals surface area contributed by atoms with Gasteiger partial charge in [0.25, 0.3) is 11.1 Å². The van der Waals surface area contributed by atoms with Crippen molar-refractivity contribution in [2.75, 3.05) is 31.1 Å². The third kappa shape index (κ3) is 6.61. The quantitative estimate of drug-likeness (QED) is 0.203. The number of hydrogen-bond donors (Lipinski definition) is 2. The zero-order valence-corrected chi connectivity index (χ0v) is 25.0. The number of pyridine rings is 2. The molecule has 44 heavy (non-hydrogen) atoms. The van der Waals surface area contributed by atoms with E-state index in [1.807, 2.05) is 42.6 Å². The minimum absolute atomic E-state index is 0.279. The van der Waals surface area contributed by atoms with Crippen LogP contribution in [0.5, 0.6) is 0 Å². The van der Waals surface area contributed by atoms with Crippen LogP contribution in [-0.4, -0.2) is 63.3 Å². The van der Waals surface area contributed by atoms with Crippen LogP contribution in [0.1, 0.15) is 41.4 Å². The number of nitrogens with zero attached hydrogens (tertiary/aromatic N) is 5. The van der Waals surface area contributed by atoms with Gasteiger partial charge in [0.05, 0.1) is 34.0 Å². The number of imide groups is 1. The molecule has 2 saturated heterocycles. The van der Waals surface area contributed by atoms with E-state index < -0.39 is 11.9 Å². The standard InChI is InChI=1S/C32H31N7O4S/c1-2-43-30(41)25-15-21(19-36-28(25)24-8-12-34-26-6-4-3-5-23(24)26)18-33-17-20-9-13-39(14-10-20)31-35-11-7-22(37-31)16-27-29(40)38-32(42)44-27/h3-8,11-12,15-16,19-20,33H,2,9-10,13-14,17-18H2,1H3,(H,38,40,42)/b27-16-. The summed E-state index contributed by atoms with van der Waals surface area (Å²) in [5, 5.41) is 6.35. The summed E-state index contributed by atoms with van der Waals surface area (Å²) in [4.78, 5) is 57.0. The van der Waals surface area contributed by atoms with Gasteiger partial charge in [-0.2, -0.15) is 0 Å². The number of benzene rings is 1. The lowest BCUT2D eigenvalue weighted by molar-refractivity contribution is -0.115. The number of carbonyl (C=O) groups excluding carboxylic acids is 3. The van der Waals surface area contributed by atoms with Crippen LogP contribution in [-0.2, 0) is 16.1 Å². The van der Waals surface area contributed by atoms with Crippen LogP contribution in [0.3, 0.4) is 0 Å². The number of carbonyl (C=O) groups is 3. The first kappa shape index (κ1) is 29.4. The van der Waals surface area contributed by atoms with Crippen molar-refractivity contribution in [2.45, 2.75) is 26.3 Å². The van der Waals surface area contributed by atoms with E-state index in [2.05, 4.69) is 30.5 Å². The topological polar surface area (TPSA) is 139 Å². The summed E-state index contributed by atoms with van der Waals surface area (Å²) in [7, 11) is 0. The molecule has 3 aromatic heterocycles. The highest BCUT2D eigenvalue weighted by atomic mass is 32.2. The van der Waals surface area contributed by atoms with Gasteiger partial charge >= 0.3 is 5.97 Å². The molecule has 0 aliphatic carbocycles. The molecule has 2 fully saturated rings. The Kier molecular flexibility index (Phi) is 8.89. The number of esters is 1. The molecule has 2 N–H and O–H groups in total. The van der Waals surface area contributed by atoms with Crippen molar-refractivity contribution in [1.29, 1.82) is 0 Å². The molecule has 2 aliphatic rings. The van der Waals surface area contributed by atoms with Gasteiger partial charge < -0.3 is 15.0 Å². The van der Waals surface area contributed by atoms with E-state index in [1.165, 1.54) is 0 Å². The average molecular weight is 610 g/mol. The van der Waals surface area contributed by atoms with E-state index in [1.54, 1.807) is 31.5 Å². The van der Waals surface area contributed by atoms with Gasteiger partial charge in [-0.3, -0.25) is 24.9 Å². The van der Waals surface area contributed by atoms with Gasteiger partial charge in [0.15, 0.2) is 0 Å². The van der Waals surface area contributed by atoms with Crippen molar-refractivity contribution in [3.63, 3.8) is 0 Å². The predicted molar refractivity (Wildman–Crippen MR) is 169 cm³/mol. The summed E-state index contributed by atoms with van der Waals surface area (Å²) in [5.74, 6) is 0.284. The molecular weight excluding hydrogens is 578 g/mol. The van der Waals surface area contributed by atoms with Gasteiger partial charge in [0.1, 0.15) is 0 Å². The minimum atomic E-state index is -0.403. The van der Waals surface area contributed by atoms with Gasteiger partial charge in [-0.05, 0) is 79.9 Å². The highest BCUT2D eigenvalue weighted by molar-refractivity contribution is 8.18. The van der Waals surface area contributed by atoms with Crippen molar-refractivity contribution in [1.82, 2.24) is 30.6 Å². The summed E-state index contributed by atoms with van der Waals surface area (Å²) < 4.78 is 5.39. The molecule has 224 valence electrons. The van der Waals surface area contributed by atoms with E-state index in [0.29, 0.717) is 40.3 Å². The van der Waals surface area contributed by atoms with E-state index in [-0.39, 0.29) is 11.8 Å². The number of piperidine rings is 1. The summed E-state index contributed by atoms with van der Waals surface area (Å²) in [6, 6.07) is 13.3. The Labute approximate surface area is 258 Å². The molecule has 0 spiro atoms. The SMILES string of the molecule is CCOC(=O)c1cc(CNCC2CCN(c3nccc(/C=C4\SC(=O)NC4=O)n3)CC2)cnc1-c1ccnc2ccccc12. The molecule has 0 radical (unpaired) electrons. The second kappa shape index (κ2) is 13.3. The Hall–Kier alpha value is -4.68. The predicted octanol–water partition coefficient (Wildman–Crippen LogP) is 4.59. The number of aromatic nitrogens is 4. The molecule has 12 heteroatoms. The Morgan fingerprint density at radius 3 is 2.73 bits per heavy atom. The molecule has 6 rings (SSSR count). The highest BCUT2D eigenvalue weighted by Crippen LogP contribution is 2.30. The molecule has 0 unspecified atom stereocenters. The number of para-hydroxylation sites is 1. The first-order chi connectivity index (χ1) is 21.5. The summed E-state index contributed by atoms with van der Waals surface area (Å²) in [5.41, 5.74) is 4.19. The maximum Gasteiger partial charge on any atom is 0.340 e. The van der Waals surface area contributed by atoms with Gasteiger partial charge in [0, 0.05) is 49.2 Å². The molecule has 0 bridgehead atoms. The molecule has 1 aromatic carbocycles. The van der Waals surface area contributed by atoms with Crippen molar-refractivity contribution in [2.24, 2.45) is 5.92 Å². The Balaban J connectivity index is 1.07. The van der Waals surface area contributed by atoms with Gasteiger partial charge in [-0.25, -0.2) is 14.8 Å². The maximum atomic E-state index is 13.0. The summed E-state index contributed by atoms with van der Waals surface area (Å²) in [6.07, 6.45) is 8.76. The number of hydrogen-bond acceptors (Lipinski definition) is 11. The Morgan fingerprint density at radius 2 is 1.93 bits per heavy atom. The van der Waals surface area contributed by atoms with Crippen molar-refractivity contribution < 1.29 is 19.1 Å². The van der Waals surface area contributed by atoms with Gasteiger partial charge in [0.2, 0.25) is 5.95 Å². The lowest BCUT2D eigenvalue weighted by atomic mass is 9.97. The first-order valence-electron chi connectivity index (χ1n) is 14.5. The lowest BCUT2D eigenvalue weighted by Gasteiger charge is -2.32. The molecule has 4 aromatic rings. The molecule has 2 amide bonds. The Morgan fingerprint density at radius 1 is 1.11 bits per heavy atom. The van der Waals surface area contributed by atoms with Crippen LogP contribution in [0, 0.1) is 5.92 Å². The fourth-order valence-corrected chi connectivity index (χ4v) is 6.06. The Bertz CT molecular complexity index is 1750. The minimum Gasteiger partial charge on any atom is -0.462 e. The van der Waals surface area contributed by atoms with Crippen LogP contribution >= 0.6 is 11.8 Å². The fourth-order valence-electron chi connectivity index (χ4n) is 5.39. The zero-order valence-electron chi connectivity index (χ0n) is 24.2.